The van der Waals surface area contributed by atoms with Gasteiger partial charge in [-0.1, -0.05) is 6.92 Å². The second-order valence-electron chi connectivity index (χ2n) is 6.63. The van der Waals surface area contributed by atoms with Gasteiger partial charge in [0.1, 0.15) is 9.88 Å². The summed E-state index contributed by atoms with van der Waals surface area (Å²) in [5.74, 6) is -0.544. The quantitative estimate of drug-likeness (QED) is 0.723. The molecule has 2 rings (SSSR count). The zero-order chi connectivity index (χ0) is 19.3. The van der Waals surface area contributed by atoms with Crippen LogP contribution in [0.15, 0.2) is 0 Å². The van der Waals surface area contributed by atoms with Gasteiger partial charge in [0.2, 0.25) is 0 Å². The second kappa shape index (κ2) is 9.14. The Hall–Kier alpha value is -1.93. The van der Waals surface area contributed by atoms with Crippen molar-refractivity contribution in [2.45, 2.75) is 33.6 Å². The number of ether oxygens (including phenoxy) is 2. The standard InChI is InChI=1S/C18H26N2O5S/c1-5-25-17(22)14-12(3)15(18(23)24-4)26-16(14)19-13(21)10-20-8-6-11(2)7-9-20/h11H,5-10H2,1-4H3,(H,19,21)/p+1. The molecule has 1 aromatic rings. The predicted octanol–water partition coefficient (Wildman–Crippen LogP) is 1.27. The highest BCUT2D eigenvalue weighted by Crippen LogP contribution is 2.34. The van der Waals surface area contributed by atoms with Gasteiger partial charge in [-0.15, -0.1) is 11.3 Å². The van der Waals surface area contributed by atoms with Gasteiger partial charge >= 0.3 is 11.9 Å². The van der Waals surface area contributed by atoms with Gasteiger partial charge in [-0.2, -0.15) is 0 Å². The number of likely N-dealkylation sites (tertiary alicyclic amines) is 1. The van der Waals surface area contributed by atoms with Crippen molar-refractivity contribution in [1.29, 1.82) is 0 Å². The Morgan fingerprint density at radius 1 is 1.23 bits per heavy atom. The lowest BCUT2D eigenvalue weighted by Gasteiger charge is -2.26. The van der Waals surface area contributed by atoms with Crippen molar-refractivity contribution < 1.29 is 28.8 Å². The third-order valence-corrected chi connectivity index (χ3v) is 5.83. The molecule has 26 heavy (non-hydrogen) atoms. The minimum absolute atomic E-state index is 0.169. The average molecular weight is 383 g/mol. The largest absolute Gasteiger partial charge is 0.465 e. The van der Waals surface area contributed by atoms with E-state index in [9.17, 15) is 14.4 Å². The number of esters is 2. The SMILES string of the molecule is CCOC(=O)c1c(NC(=O)C[NH+]2CCC(C)CC2)sc(C(=O)OC)c1C. The van der Waals surface area contributed by atoms with Crippen molar-refractivity contribution in [3.8, 4) is 0 Å². The van der Waals surface area contributed by atoms with Crippen molar-refractivity contribution in [1.82, 2.24) is 0 Å². The fourth-order valence-corrected chi connectivity index (χ4v) is 4.21. The highest BCUT2D eigenvalue weighted by Gasteiger charge is 2.28. The summed E-state index contributed by atoms with van der Waals surface area (Å²) in [5.41, 5.74) is 0.697. The van der Waals surface area contributed by atoms with E-state index in [1.54, 1.807) is 13.8 Å². The third kappa shape index (κ3) is 4.82. The Bertz CT molecular complexity index is 677. The molecule has 0 unspecified atom stereocenters. The molecule has 7 nitrogen and oxygen atoms in total. The van der Waals surface area contributed by atoms with Gasteiger partial charge < -0.3 is 19.7 Å². The minimum Gasteiger partial charge on any atom is -0.465 e. The Kier molecular flexibility index (Phi) is 7.16. The maximum absolute atomic E-state index is 12.5. The van der Waals surface area contributed by atoms with Gasteiger partial charge in [-0.05, 0) is 38.2 Å². The molecule has 1 saturated heterocycles. The maximum atomic E-state index is 12.5. The first kappa shape index (κ1) is 20.4. The number of piperidine rings is 1. The van der Waals surface area contributed by atoms with Gasteiger partial charge in [0.15, 0.2) is 6.54 Å². The molecule has 0 saturated carbocycles. The van der Waals surface area contributed by atoms with Crippen LogP contribution in [0.3, 0.4) is 0 Å². The minimum atomic E-state index is -0.550. The normalized spacial score (nSPS) is 19.7. The molecule has 0 bridgehead atoms. The number of hydrogen-bond acceptors (Lipinski definition) is 6. The van der Waals surface area contributed by atoms with Crippen LogP contribution >= 0.6 is 11.3 Å². The molecular formula is C18H27N2O5S+. The van der Waals surface area contributed by atoms with Gasteiger partial charge in [0.25, 0.3) is 5.91 Å². The zero-order valence-electron chi connectivity index (χ0n) is 15.8. The van der Waals surface area contributed by atoms with Crippen LogP contribution in [0.2, 0.25) is 0 Å². The van der Waals surface area contributed by atoms with Crippen LogP contribution in [0, 0.1) is 12.8 Å². The molecule has 0 atom stereocenters. The number of carbonyl (C=O) groups is 3. The highest BCUT2D eigenvalue weighted by atomic mass is 32.1. The fourth-order valence-electron chi connectivity index (χ4n) is 3.08. The van der Waals surface area contributed by atoms with Crippen molar-refractivity contribution in [2.75, 3.05) is 38.7 Å². The van der Waals surface area contributed by atoms with Crippen LogP contribution in [0.1, 0.15) is 52.3 Å². The summed E-state index contributed by atoms with van der Waals surface area (Å²) in [4.78, 5) is 38.2. The van der Waals surface area contributed by atoms with Crippen LogP contribution in [0.25, 0.3) is 0 Å². The van der Waals surface area contributed by atoms with Crippen LogP contribution in [0.4, 0.5) is 5.00 Å². The molecule has 0 spiro atoms. The number of rotatable bonds is 6. The molecule has 2 N–H and O–H groups in total. The van der Waals surface area contributed by atoms with Crippen LogP contribution in [0.5, 0.6) is 0 Å². The summed E-state index contributed by atoms with van der Waals surface area (Å²) in [6.07, 6.45) is 2.22. The number of hydrogen-bond donors (Lipinski definition) is 2. The first-order valence-corrected chi connectivity index (χ1v) is 9.71. The molecule has 1 amide bonds. The molecule has 0 aromatic carbocycles. The molecule has 1 fully saturated rings. The summed E-state index contributed by atoms with van der Waals surface area (Å²) < 4.78 is 9.84. The Balaban J connectivity index is 2.17. The molecule has 0 aliphatic carbocycles. The van der Waals surface area contributed by atoms with E-state index in [0.717, 1.165) is 37.3 Å². The summed E-state index contributed by atoms with van der Waals surface area (Å²) >= 11 is 1.05. The van der Waals surface area contributed by atoms with E-state index in [0.29, 0.717) is 27.9 Å². The van der Waals surface area contributed by atoms with E-state index >= 15 is 0 Å². The molecular weight excluding hydrogens is 356 g/mol. The predicted molar refractivity (Wildman–Crippen MR) is 98.9 cm³/mol. The highest BCUT2D eigenvalue weighted by molar-refractivity contribution is 7.18. The van der Waals surface area contributed by atoms with Crippen molar-refractivity contribution >= 4 is 34.2 Å². The zero-order valence-corrected chi connectivity index (χ0v) is 16.6. The number of nitrogens with one attached hydrogen (secondary N) is 2. The first-order chi connectivity index (χ1) is 12.4. The summed E-state index contributed by atoms with van der Waals surface area (Å²) in [6, 6.07) is 0. The second-order valence-corrected chi connectivity index (χ2v) is 7.65. The Labute approximate surface area is 157 Å². The molecule has 1 aliphatic rings. The van der Waals surface area contributed by atoms with Crippen molar-refractivity contribution in [3.05, 3.63) is 16.0 Å². The van der Waals surface area contributed by atoms with E-state index in [-0.39, 0.29) is 18.1 Å². The fraction of sp³-hybridized carbons (Fsp3) is 0.611. The summed E-state index contributed by atoms with van der Waals surface area (Å²) in [5, 5.41) is 3.14. The van der Waals surface area contributed by atoms with Gasteiger partial charge in [0.05, 0.1) is 32.4 Å². The number of thiophene rings is 1. The molecule has 2 heterocycles. The van der Waals surface area contributed by atoms with Gasteiger partial charge in [0, 0.05) is 0 Å². The van der Waals surface area contributed by atoms with Crippen LogP contribution in [-0.2, 0) is 14.3 Å². The monoisotopic (exact) mass is 383 g/mol. The smallest absolute Gasteiger partial charge is 0.348 e. The number of carbonyl (C=O) groups excluding carboxylic acids is 3. The van der Waals surface area contributed by atoms with E-state index in [1.807, 2.05) is 0 Å². The molecule has 144 valence electrons. The van der Waals surface area contributed by atoms with Crippen LogP contribution < -0.4 is 10.2 Å². The average Bonchev–Trinajstić information content (AvgIpc) is 2.92. The molecule has 0 radical (unpaired) electrons. The third-order valence-electron chi connectivity index (χ3n) is 4.64. The number of amides is 1. The Morgan fingerprint density at radius 2 is 1.88 bits per heavy atom. The van der Waals surface area contributed by atoms with E-state index in [2.05, 4.69) is 12.2 Å². The lowest BCUT2D eigenvalue weighted by molar-refractivity contribution is -0.897. The van der Waals surface area contributed by atoms with Crippen molar-refractivity contribution in [2.24, 2.45) is 5.92 Å². The molecule has 8 heteroatoms. The van der Waals surface area contributed by atoms with E-state index in [1.165, 1.54) is 12.0 Å². The van der Waals surface area contributed by atoms with Crippen LogP contribution in [-0.4, -0.2) is 51.2 Å². The van der Waals surface area contributed by atoms with Crippen molar-refractivity contribution in [3.63, 3.8) is 0 Å². The number of anilines is 1. The summed E-state index contributed by atoms with van der Waals surface area (Å²) in [7, 11) is 1.28. The van der Waals surface area contributed by atoms with Gasteiger partial charge in [-0.3, -0.25) is 4.79 Å². The number of methoxy groups -OCH3 is 1. The van der Waals surface area contributed by atoms with E-state index in [4.69, 9.17) is 9.47 Å². The van der Waals surface area contributed by atoms with E-state index < -0.39 is 11.9 Å². The maximum Gasteiger partial charge on any atom is 0.348 e. The molecule has 1 aromatic heterocycles. The Morgan fingerprint density at radius 3 is 2.46 bits per heavy atom. The summed E-state index contributed by atoms with van der Waals surface area (Å²) in [6.45, 7) is 8.09. The number of quaternary nitrogens is 1. The topological polar surface area (TPSA) is 86.1 Å². The lowest BCUT2D eigenvalue weighted by Crippen LogP contribution is -3.14. The molecule has 1 aliphatic heterocycles. The first-order valence-electron chi connectivity index (χ1n) is 8.89. The van der Waals surface area contributed by atoms with Gasteiger partial charge in [-0.25, -0.2) is 9.59 Å². The lowest BCUT2D eigenvalue weighted by atomic mass is 9.99.